The standard InChI is InChI=1S/C17H20N2O3S/c1-3-19(2)16(14-10-6-4-7-11-14)17(20)18-23(21,22)15-12-8-5-9-13-15/h4-13,16H,3H2,1-2H3,(H,18,20)/t16-/m0/s1. The van der Waals surface area contributed by atoms with Crippen molar-refractivity contribution in [3.63, 3.8) is 0 Å². The molecule has 0 radical (unpaired) electrons. The third kappa shape index (κ3) is 4.18. The van der Waals surface area contributed by atoms with E-state index in [4.69, 9.17) is 0 Å². The normalized spacial score (nSPS) is 12.8. The van der Waals surface area contributed by atoms with Crippen molar-refractivity contribution in [1.82, 2.24) is 9.62 Å². The predicted molar refractivity (Wildman–Crippen MR) is 89.3 cm³/mol. The highest BCUT2D eigenvalue weighted by Crippen LogP contribution is 2.20. The van der Waals surface area contributed by atoms with Crippen molar-refractivity contribution >= 4 is 15.9 Å². The zero-order chi connectivity index (χ0) is 16.9. The molecule has 0 heterocycles. The van der Waals surface area contributed by atoms with Crippen LogP contribution >= 0.6 is 0 Å². The molecule has 0 unspecified atom stereocenters. The van der Waals surface area contributed by atoms with Crippen molar-refractivity contribution in [2.24, 2.45) is 0 Å². The molecule has 2 rings (SSSR count). The smallest absolute Gasteiger partial charge is 0.264 e. The van der Waals surface area contributed by atoms with Gasteiger partial charge >= 0.3 is 0 Å². The summed E-state index contributed by atoms with van der Waals surface area (Å²) in [5.74, 6) is -0.565. The van der Waals surface area contributed by atoms with Crippen molar-refractivity contribution in [2.45, 2.75) is 17.9 Å². The van der Waals surface area contributed by atoms with Crippen molar-refractivity contribution < 1.29 is 13.2 Å². The number of sulfonamides is 1. The fourth-order valence-corrected chi connectivity index (χ4v) is 3.28. The van der Waals surface area contributed by atoms with Gasteiger partial charge in [-0.3, -0.25) is 9.69 Å². The highest BCUT2D eigenvalue weighted by Gasteiger charge is 2.28. The zero-order valence-corrected chi connectivity index (χ0v) is 14.0. The monoisotopic (exact) mass is 332 g/mol. The molecule has 0 aliphatic rings. The van der Waals surface area contributed by atoms with Crippen molar-refractivity contribution in [3.05, 3.63) is 66.2 Å². The average Bonchev–Trinajstić information content (AvgIpc) is 2.56. The van der Waals surface area contributed by atoms with Crippen LogP contribution in [0.4, 0.5) is 0 Å². The number of likely N-dealkylation sites (N-methyl/N-ethyl adjacent to an activating group) is 1. The largest absolute Gasteiger partial charge is 0.292 e. The molecule has 0 saturated carbocycles. The van der Waals surface area contributed by atoms with Crippen molar-refractivity contribution in [3.8, 4) is 0 Å². The van der Waals surface area contributed by atoms with Gasteiger partial charge < -0.3 is 0 Å². The first-order valence-corrected chi connectivity index (χ1v) is 8.81. The summed E-state index contributed by atoms with van der Waals surface area (Å²) < 4.78 is 26.9. The first kappa shape index (κ1) is 17.2. The second-order valence-corrected chi connectivity index (χ2v) is 6.85. The summed E-state index contributed by atoms with van der Waals surface area (Å²) in [6.07, 6.45) is 0. The third-order valence-corrected chi connectivity index (χ3v) is 4.95. The average molecular weight is 332 g/mol. The number of amides is 1. The maximum Gasteiger partial charge on any atom is 0.264 e. The predicted octanol–water partition coefficient (Wildman–Crippen LogP) is 2.18. The molecule has 1 N–H and O–H groups in total. The lowest BCUT2D eigenvalue weighted by Gasteiger charge is -2.26. The van der Waals surface area contributed by atoms with Crippen molar-refractivity contribution in [2.75, 3.05) is 13.6 Å². The Morgan fingerprint density at radius 3 is 2.09 bits per heavy atom. The molecule has 0 spiro atoms. The third-order valence-electron chi connectivity index (χ3n) is 3.59. The molecule has 0 aromatic heterocycles. The van der Waals surface area contributed by atoms with E-state index in [-0.39, 0.29) is 4.90 Å². The van der Waals surface area contributed by atoms with E-state index in [1.54, 1.807) is 30.1 Å². The first-order chi connectivity index (χ1) is 11.0. The van der Waals surface area contributed by atoms with Crippen LogP contribution in [0.2, 0.25) is 0 Å². The molecule has 1 atom stereocenters. The highest BCUT2D eigenvalue weighted by atomic mass is 32.2. The van der Waals surface area contributed by atoms with Gasteiger partial charge in [-0.25, -0.2) is 13.1 Å². The Kier molecular flexibility index (Phi) is 5.52. The second-order valence-electron chi connectivity index (χ2n) is 5.17. The molecule has 2 aromatic carbocycles. The van der Waals surface area contributed by atoms with Crippen LogP contribution in [0.5, 0.6) is 0 Å². The first-order valence-electron chi connectivity index (χ1n) is 7.32. The van der Waals surface area contributed by atoms with Crippen LogP contribution in [-0.2, 0) is 14.8 Å². The molecule has 0 fully saturated rings. The minimum atomic E-state index is -3.88. The van der Waals surface area contributed by atoms with Gasteiger partial charge in [-0.2, -0.15) is 0 Å². The number of nitrogens with one attached hydrogen (secondary N) is 1. The topological polar surface area (TPSA) is 66.5 Å². The summed E-state index contributed by atoms with van der Waals surface area (Å²) in [7, 11) is -2.10. The molecule has 5 nitrogen and oxygen atoms in total. The number of rotatable bonds is 6. The molecule has 23 heavy (non-hydrogen) atoms. The maximum absolute atomic E-state index is 12.6. The molecular formula is C17H20N2O3S. The lowest BCUT2D eigenvalue weighted by molar-refractivity contribution is -0.124. The molecule has 0 saturated heterocycles. The van der Waals surface area contributed by atoms with E-state index in [2.05, 4.69) is 4.72 Å². The van der Waals surface area contributed by atoms with Crippen LogP contribution in [0.3, 0.4) is 0 Å². The van der Waals surface area contributed by atoms with Crippen LogP contribution in [0.25, 0.3) is 0 Å². The SMILES string of the molecule is CCN(C)[C@H](C(=O)NS(=O)(=O)c1ccccc1)c1ccccc1. The summed E-state index contributed by atoms with van der Waals surface area (Å²) in [5.41, 5.74) is 0.748. The van der Waals surface area contributed by atoms with Crippen molar-refractivity contribution in [1.29, 1.82) is 0 Å². The summed E-state index contributed by atoms with van der Waals surface area (Å²) in [5, 5.41) is 0. The number of nitrogens with zero attached hydrogens (tertiary/aromatic N) is 1. The number of hydrogen-bond acceptors (Lipinski definition) is 4. The molecule has 0 aliphatic heterocycles. The van der Waals surface area contributed by atoms with E-state index < -0.39 is 22.0 Å². The molecule has 122 valence electrons. The van der Waals surface area contributed by atoms with E-state index in [9.17, 15) is 13.2 Å². The summed E-state index contributed by atoms with van der Waals surface area (Å²) in [6, 6.07) is 16.3. The van der Waals surface area contributed by atoms with E-state index in [1.807, 2.05) is 37.3 Å². The highest BCUT2D eigenvalue weighted by molar-refractivity contribution is 7.90. The Balaban J connectivity index is 2.29. The Labute approximate surface area is 137 Å². The van der Waals surface area contributed by atoms with E-state index in [0.29, 0.717) is 6.54 Å². The summed E-state index contributed by atoms with van der Waals surface area (Å²) >= 11 is 0. The number of carbonyl (C=O) groups is 1. The maximum atomic E-state index is 12.6. The van der Waals surface area contributed by atoms with Crippen LogP contribution < -0.4 is 4.72 Å². The lowest BCUT2D eigenvalue weighted by atomic mass is 10.1. The van der Waals surface area contributed by atoms with Gasteiger partial charge in [-0.1, -0.05) is 55.5 Å². The van der Waals surface area contributed by atoms with Gasteiger partial charge in [0.15, 0.2) is 0 Å². The fraction of sp³-hybridized carbons (Fsp3) is 0.235. The second kappa shape index (κ2) is 7.39. The van der Waals surface area contributed by atoms with Crippen LogP contribution in [0.1, 0.15) is 18.5 Å². The Morgan fingerprint density at radius 2 is 1.57 bits per heavy atom. The van der Waals surface area contributed by atoms with E-state index in [1.165, 1.54) is 12.1 Å². The molecular weight excluding hydrogens is 312 g/mol. The molecule has 0 aliphatic carbocycles. The van der Waals surface area contributed by atoms with Gasteiger partial charge in [0, 0.05) is 0 Å². The quantitative estimate of drug-likeness (QED) is 0.880. The zero-order valence-electron chi connectivity index (χ0n) is 13.1. The fourth-order valence-electron chi connectivity index (χ4n) is 2.27. The Bertz CT molecular complexity index is 746. The Hall–Kier alpha value is -2.18. The van der Waals surface area contributed by atoms with Gasteiger partial charge in [-0.15, -0.1) is 0 Å². The summed E-state index contributed by atoms with van der Waals surface area (Å²) in [4.78, 5) is 14.5. The number of carbonyl (C=O) groups excluding carboxylic acids is 1. The van der Waals surface area contributed by atoms with E-state index >= 15 is 0 Å². The molecule has 2 aromatic rings. The van der Waals surface area contributed by atoms with Gasteiger partial charge in [-0.05, 0) is 31.3 Å². The van der Waals surface area contributed by atoms with E-state index in [0.717, 1.165) is 5.56 Å². The summed E-state index contributed by atoms with van der Waals surface area (Å²) in [6.45, 7) is 2.52. The Morgan fingerprint density at radius 1 is 1.04 bits per heavy atom. The van der Waals surface area contributed by atoms with Gasteiger partial charge in [0.2, 0.25) is 0 Å². The minimum Gasteiger partial charge on any atom is -0.292 e. The van der Waals surface area contributed by atoms with Gasteiger partial charge in [0.05, 0.1) is 4.90 Å². The van der Waals surface area contributed by atoms with Crippen LogP contribution in [0, 0.1) is 0 Å². The molecule has 6 heteroatoms. The molecule has 1 amide bonds. The number of hydrogen-bond donors (Lipinski definition) is 1. The van der Waals surface area contributed by atoms with Crippen LogP contribution in [-0.4, -0.2) is 32.8 Å². The van der Waals surface area contributed by atoms with Crippen LogP contribution in [0.15, 0.2) is 65.6 Å². The number of benzene rings is 2. The minimum absolute atomic E-state index is 0.0688. The van der Waals surface area contributed by atoms with Gasteiger partial charge in [0.25, 0.3) is 15.9 Å². The molecule has 0 bridgehead atoms. The van der Waals surface area contributed by atoms with Gasteiger partial charge in [0.1, 0.15) is 6.04 Å². The lowest BCUT2D eigenvalue weighted by Crippen LogP contribution is -2.41.